The van der Waals surface area contributed by atoms with Crippen molar-refractivity contribution in [3.63, 3.8) is 0 Å². The Morgan fingerprint density at radius 3 is 2.79 bits per heavy atom. The number of aliphatic hydroxyl groups is 1. The second kappa shape index (κ2) is 6.20. The first-order valence-corrected chi connectivity index (χ1v) is 7.12. The maximum Gasteiger partial charge on any atom is 0.220 e. The second-order valence-electron chi connectivity index (χ2n) is 5.80. The molecule has 3 nitrogen and oxygen atoms in total. The summed E-state index contributed by atoms with van der Waals surface area (Å²) in [5.41, 5.74) is 3.66. The quantitative estimate of drug-likeness (QED) is 0.855. The summed E-state index contributed by atoms with van der Waals surface area (Å²) in [5.74, 6) is 0.354. The van der Waals surface area contributed by atoms with Crippen molar-refractivity contribution >= 4 is 5.91 Å². The van der Waals surface area contributed by atoms with E-state index in [2.05, 4.69) is 17.4 Å². The zero-order valence-electron chi connectivity index (χ0n) is 11.8. The Kier molecular flexibility index (Phi) is 4.59. The van der Waals surface area contributed by atoms with Gasteiger partial charge in [-0.3, -0.25) is 4.79 Å². The van der Waals surface area contributed by atoms with Crippen LogP contribution in [0.25, 0.3) is 0 Å². The third-order valence-corrected chi connectivity index (χ3v) is 3.59. The van der Waals surface area contributed by atoms with E-state index in [1.165, 1.54) is 17.5 Å². The van der Waals surface area contributed by atoms with Crippen LogP contribution < -0.4 is 5.32 Å². The molecular weight excluding hydrogens is 238 g/mol. The summed E-state index contributed by atoms with van der Waals surface area (Å²) >= 11 is 0. The second-order valence-corrected chi connectivity index (χ2v) is 5.80. The molecule has 3 heteroatoms. The fourth-order valence-corrected chi connectivity index (χ4v) is 2.57. The predicted octanol–water partition coefficient (Wildman–Crippen LogP) is 2.37. The highest BCUT2D eigenvalue weighted by Crippen LogP contribution is 2.25. The molecule has 19 heavy (non-hydrogen) atoms. The van der Waals surface area contributed by atoms with Crippen molar-refractivity contribution in [1.82, 2.24) is 5.32 Å². The topological polar surface area (TPSA) is 49.3 Å². The SMILES string of the molecule is CC(C)CC(=O)NCC(O)c1ccc2c(c1)CCC2. The molecule has 1 atom stereocenters. The first-order chi connectivity index (χ1) is 9.06. The number of rotatable bonds is 5. The highest BCUT2D eigenvalue weighted by atomic mass is 16.3. The maximum absolute atomic E-state index is 11.6. The van der Waals surface area contributed by atoms with Gasteiger partial charge >= 0.3 is 0 Å². The van der Waals surface area contributed by atoms with Crippen LogP contribution in [-0.4, -0.2) is 17.6 Å². The van der Waals surface area contributed by atoms with Crippen molar-refractivity contribution in [2.75, 3.05) is 6.54 Å². The van der Waals surface area contributed by atoms with E-state index in [-0.39, 0.29) is 5.91 Å². The van der Waals surface area contributed by atoms with Crippen LogP contribution in [0.15, 0.2) is 18.2 Å². The molecule has 0 saturated heterocycles. The lowest BCUT2D eigenvalue weighted by atomic mass is 10.0. The van der Waals surface area contributed by atoms with Crippen LogP contribution >= 0.6 is 0 Å². The average molecular weight is 261 g/mol. The van der Waals surface area contributed by atoms with Crippen molar-refractivity contribution < 1.29 is 9.90 Å². The van der Waals surface area contributed by atoms with Gasteiger partial charge in [-0.15, -0.1) is 0 Å². The van der Waals surface area contributed by atoms with E-state index in [1.54, 1.807) is 0 Å². The molecule has 2 N–H and O–H groups in total. The fraction of sp³-hybridized carbons (Fsp3) is 0.562. The number of aryl methyl sites for hydroxylation is 2. The molecule has 0 aliphatic heterocycles. The molecule has 0 radical (unpaired) electrons. The summed E-state index contributed by atoms with van der Waals surface area (Å²) in [6.07, 6.45) is 3.37. The minimum absolute atomic E-state index is 0.00945. The predicted molar refractivity (Wildman–Crippen MR) is 75.9 cm³/mol. The van der Waals surface area contributed by atoms with E-state index in [4.69, 9.17) is 0 Å². The molecule has 1 aromatic carbocycles. The molecule has 1 aliphatic carbocycles. The van der Waals surface area contributed by atoms with Crippen molar-refractivity contribution in [3.8, 4) is 0 Å². The normalized spacial score (nSPS) is 15.4. The first kappa shape index (κ1) is 14.1. The van der Waals surface area contributed by atoms with E-state index >= 15 is 0 Å². The highest BCUT2D eigenvalue weighted by Gasteiger charge is 2.15. The maximum atomic E-state index is 11.6. The number of aliphatic hydroxyl groups excluding tert-OH is 1. The number of nitrogens with one attached hydrogen (secondary N) is 1. The molecule has 1 aliphatic rings. The fourth-order valence-electron chi connectivity index (χ4n) is 2.57. The molecule has 1 amide bonds. The van der Waals surface area contributed by atoms with E-state index in [1.807, 2.05) is 19.9 Å². The van der Waals surface area contributed by atoms with Crippen LogP contribution in [0, 0.1) is 5.92 Å². The van der Waals surface area contributed by atoms with Gasteiger partial charge in [-0.1, -0.05) is 32.0 Å². The van der Waals surface area contributed by atoms with E-state index < -0.39 is 6.10 Å². The minimum Gasteiger partial charge on any atom is -0.387 e. The lowest BCUT2D eigenvalue weighted by Crippen LogP contribution is -2.29. The molecule has 104 valence electrons. The molecule has 0 saturated carbocycles. The Labute approximate surface area is 115 Å². The summed E-state index contributed by atoms with van der Waals surface area (Å²) in [5, 5.41) is 12.9. The number of carbonyl (C=O) groups excluding carboxylic acids is 1. The number of hydrogen-bond acceptors (Lipinski definition) is 2. The monoisotopic (exact) mass is 261 g/mol. The summed E-state index contributed by atoms with van der Waals surface area (Å²) in [6.45, 7) is 4.32. The lowest BCUT2D eigenvalue weighted by molar-refractivity contribution is -0.122. The van der Waals surface area contributed by atoms with Crippen LogP contribution in [0.5, 0.6) is 0 Å². The van der Waals surface area contributed by atoms with Gasteiger partial charge in [-0.2, -0.15) is 0 Å². The molecule has 0 spiro atoms. The van der Waals surface area contributed by atoms with Crippen LogP contribution in [0.3, 0.4) is 0 Å². The van der Waals surface area contributed by atoms with Gasteiger partial charge in [0.05, 0.1) is 6.10 Å². The number of benzene rings is 1. The van der Waals surface area contributed by atoms with Gasteiger partial charge in [0.25, 0.3) is 0 Å². The highest BCUT2D eigenvalue weighted by molar-refractivity contribution is 5.76. The van der Waals surface area contributed by atoms with Crippen molar-refractivity contribution in [3.05, 3.63) is 34.9 Å². The molecule has 0 bridgehead atoms. The van der Waals surface area contributed by atoms with Crippen molar-refractivity contribution in [1.29, 1.82) is 0 Å². The molecule has 2 rings (SSSR count). The summed E-state index contributed by atoms with van der Waals surface area (Å²) in [6, 6.07) is 6.17. The first-order valence-electron chi connectivity index (χ1n) is 7.12. The Morgan fingerprint density at radius 1 is 1.32 bits per heavy atom. The summed E-state index contributed by atoms with van der Waals surface area (Å²) in [7, 11) is 0. The number of amides is 1. The van der Waals surface area contributed by atoms with Gasteiger partial charge < -0.3 is 10.4 Å². The minimum atomic E-state index is -0.609. The van der Waals surface area contributed by atoms with Crippen LogP contribution in [0.4, 0.5) is 0 Å². The number of hydrogen-bond donors (Lipinski definition) is 2. The Hall–Kier alpha value is -1.35. The van der Waals surface area contributed by atoms with Crippen molar-refractivity contribution in [2.24, 2.45) is 5.92 Å². The van der Waals surface area contributed by atoms with Gasteiger partial charge in [-0.05, 0) is 41.9 Å². The molecule has 1 unspecified atom stereocenters. The Bertz CT molecular complexity index is 454. The molecular formula is C16H23NO2. The van der Waals surface area contributed by atoms with Gasteiger partial charge in [0.1, 0.15) is 0 Å². The van der Waals surface area contributed by atoms with E-state index in [0.29, 0.717) is 18.9 Å². The summed E-state index contributed by atoms with van der Waals surface area (Å²) < 4.78 is 0. The summed E-state index contributed by atoms with van der Waals surface area (Å²) in [4.78, 5) is 11.6. The van der Waals surface area contributed by atoms with Gasteiger partial charge in [0, 0.05) is 13.0 Å². The van der Waals surface area contributed by atoms with Crippen LogP contribution in [0.2, 0.25) is 0 Å². The van der Waals surface area contributed by atoms with Gasteiger partial charge in [0.15, 0.2) is 0 Å². The lowest BCUT2D eigenvalue weighted by Gasteiger charge is -2.14. The molecule has 1 aromatic rings. The van der Waals surface area contributed by atoms with Crippen LogP contribution in [0.1, 0.15) is 49.5 Å². The third kappa shape index (κ3) is 3.80. The zero-order valence-corrected chi connectivity index (χ0v) is 11.8. The van der Waals surface area contributed by atoms with Gasteiger partial charge in [-0.25, -0.2) is 0 Å². The van der Waals surface area contributed by atoms with E-state index in [0.717, 1.165) is 18.4 Å². The molecule has 0 fully saturated rings. The van der Waals surface area contributed by atoms with Crippen molar-refractivity contribution in [2.45, 2.75) is 45.6 Å². The number of carbonyl (C=O) groups is 1. The number of fused-ring (bicyclic) bond motifs is 1. The van der Waals surface area contributed by atoms with Gasteiger partial charge in [0.2, 0.25) is 5.91 Å². The largest absolute Gasteiger partial charge is 0.387 e. The van der Waals surface area contributed by atoms with E-state index in [9.17, 15) is 9.90 Å². The molecule has 0 heterocycles. The standard InChI is InChI=1S/C16H23NO2/c1-11(2)8-16(19)17-10-15(18)14-7-6-12-4-3-5-13(12)9-14/h6-7,9,11,15,18H,3-5,8,10H2,1-2H3,(H,17,19). The third-order valence-electron chi connectivity index (χ3n) is 3.59. The Morgan fingerprint density at radius 2 is 2.05 bits per heavy atom. The zero-order chi connectivity index (χ0) is 13.8. The smallest absolute Gasteiger partial charge is 0.220 e. The Balaban J connectivity index is 1.89. The average Bonchev–Trinajstić information content (AvgIpc) is 2.82. The molecule has 0 aromatic heterocycles. The van der Waals surface area contributed by atoms with Crippen LogP contribution in [-0.2, 0) is 17.6 Å².